The van der Waals surface area contributed by atoms with E-state index in [9.17, 15) is 12.8 Å². The number of nitrogens with zero attached hydrogens (tertiary/aromatic N) is 2. The first-order valence-corrected chi connectivity index (χ1v) is 8.68. The van der Waals surface area contributed by atoms with Gasteiger partial charge in [0, 0.05) is 25.3 Å². The SMILES string of the molecule is Cc1noc(CCNC(C)c2ccc(S(C)(=O)=O)c(F)c2)n1. The molecule has 0 fully saturated rings. The molecule has 1 unspecified atom stereocenters. The van der Waals surface area contributed by atoms with Gasteiger partial charge in [0.2, 0.25) is 5.89 Å². The zero-order chi connectivity index (χ0) is 16.3. The lowest BCUT2D eigenvalue weighted by Crippen LogP contribution is -2.21. The molecule has 6 nitrogen and oxygen atoms in total. The summed E-state index contributed by atoms with van der Waals surface area (Å²) in [7, 11) is -3.55. The Bertz CT molecular complexity index is 758. The fourth-order valence-corrected chi connectivity index (χ4v) is 2.77. The van der Waals surface area contributed by atoms with Gasteiger partial charge in [-0.2, -0.15) is 4.98 Å². The number of aromatic nitrogens is 2. The molecular formula is C14H18FN3O3S. The van der Waals surface area contributed by atoms with Crippen molar-refractivity contribution in [3.63, 3.8) is 0 Å². The third-order valence-corrected chi connectivity index (χ3v) is 4.34. The molecule has 1 aromatic heterocycles. The number of hydrogen-bond donors (Lipinski definition) is 1. The Kier molecular flexibility index (Phi) is 4.92. The number of nitrogens with one attached hydrogen (secondary N) is 1. The van der Waals surface area contributed by atoms with Crippen molar-refractivity contribution in [2.45, 2.75) is 31.2 Å². The molecule has 0 amide bonds. The van der Waals surface area contributed by atoms with Gasteiger partial charge < -0.3 is 9.84 Å². The lowest BCUT2D eigenvalue weighted by Gasteiger charge is -2.14. The number of hydrogen-bond acceptors (Lipinski definition) is 6. The summed E-state index contributed by atoms with van der Waals surface area (Å²) in [6.07, 6.45) is 1.55. The Morgan fingerprint density at radius 3 is 2.68 bits per heavy atom. The summed E-state index contributed by atoms with van der Waals surface area (Å²) < 4.78 is 41.6. The van der Waals surface area contributed by atoms with Crippen molar-refractivity contribution >= 4 is 9.84 Å². The van der Waals surface area contributed by atoms with Crippen molar-refractivity contribution in [2.24, 2.45) is 0 Å². The van der Waals surface area contributed by atoms with Crippen LogP contribution in [0.2, 0.25) is 0 Å². The maximum absolute atomic E-state index is 13.9. The van der Waals surface area contributed by atoms with Gasteiger partial charge in [-0.15, -0.1) is 0 Å². The first-order chi connectivity index (χ1) is 10.3. The maximum atomic E-state index is 13.9. The van der Waals surface area contributed by atoms with Gasteiger partial charge in [-0.1, -0.05) is 11.2 Å². The molecule has 1 aromatic carbocycles. The molecule has 2 rings (SSSR count). The van der Waals surface area contributed by atoms with E-state index in [1.54, 1.807) is 13.0 Å². The van der Waals surface area contributed by atoms with Crippen molar-refractivity contribution in [3.8, 4) is 0 Å². The molecule has 1 heterocycles. The molecule has 0 aliphatic heterocycles. The molecule has 0 radical (unpaired) electrons. The molecule has 0 aliphatic rings. The van der Waals surface area contributed by atoms with E-state index in [0.29, 0.717) is 30.2 Å². The minimum Gasteiger partial charge on any atom is -0.339 e. The quantitative estimate of drug-likeness (QED) is 0.871. The van der Waals surface area contributed by atoms with Crippen molar-refractivity contribution in [3.05, 3.63) is 41.3 Å². The van der Waals surface area contributed by atoms with Crippen LogP contribution >= 0.6 is 0 Å². The topological polar surface area (TPSA) is 85.1 Å². The van der Waals surface area contributed by atoms with Crippen LogP contribution in [0.5, 0.6) is 0 Å². The van der Waals surface area contributed by atoms with Crippen LogP contribution in [0.4, 0.5) is 4.39 Å². The van der Waals surface area contributed by atoms with Crippen LogP contribution in [0.15, 0.2) is 27.6 Å². The molecule has 120 valence electrons. The summed E-state index contributed by atoms with van der Waals surface area (Å²) >= 11 is 0. The minimum atomic E-state index is -3.55. The van der Waals surface area contributed by atoms with Gasteiger partial charge in [0.05, 0.1) is 0 Å². The average Bonchev–Trinajstić information content (AvgIpc) is 2.82. The Hall–Kier alpha value is -1.80. The zero-order valence-corrected chi connectivity index (χ0v) is 13.4. The van der Waals surface area contributed by atoms with Gasteiger partial charge in [-0.3, -0.25) is 0 Å². The van der Waals surface area contributed by atoms with E-state index >= 15 is 0 Å². The Morgan fingerprint density at radius 1 is 1.41 bits per heavy atom. The molecule has 1 N–H and O–H groups in total. The second-order valence-corrected chi connectivity index (χ2v) is 7.11. The number of aryl methyl sites for hydroxylation is 1. The van der Waals surface area contributed by atoms with Crippen LogP contribution in [-0.4, -0.2) is 31.4 Å². The van der Waals surface area contributed by atoms with Crippen LogP contribution in [0.3, 0.4) is 0 Å². The molecular weight excluding hydrogens is 309 g/mol. The summed E-state index contributed by atoms with van der Waals surface area (Å²) in [5.41, 5.74) is 0.673. The van der Waals surface area contributed by atoms with Gasteiger partial charge in [0.25, 0.3) is 0 Å². The molecule has 0 spiro atoms. The normalized spacial score (nSPS) is 13.3. The first kappa shape index (κ1) is 16.6. The fraction of sp³-hybridized carbons (Fsp3) is 0.429. The first-order valence-electron chi connectivity index (χ1n) is 6.79. The van der Waals surface area contributed by atoms with Crippen molar-refractivity contribution in [1.29, 1.82) is 0 Å². The minimum absolute atomic E-state index is 0.132. The fourth-order valence-electron chi connectivity index (χ4n) is 2.04. The van der Waals surface area contributed by atoms with Gasteiger partial charge >= 0.3 is 0 Å². The highest BCUT2D eigenvalue weighted by Gasteiger charge is 2.15. The monoisotopic (exact) mass is 327 g/mol. The summed E-state index contributed by atoms with van der Waals surface area (Å²) in [6, 6.07) is 4.01. The van der Waals surface area contributed by atoms with E-state index in [1.807, 2.05) is 6.92 Å². The van der Waals surface area contributed by atoms with Gasteiger partial charge in [-0.25, -0.2) is 12.8 Å². The zero-order valence-electron chi connectivity index (χ0n) is 12.6. The molecule has 8 heteroatoms. The standard InChI is InChI=1S/C14H18FN3O3S/c1-9(16-7-6-14-17-10(2)18-21-14)11-4-5-13(12(15)8-11)22(3,19)20/h4-5,8-9,16H,6-7H2,1-3H3. The molecule has 0 saturated carbocycles. The smallest absolute Gasteiger partial charge is 0.227 e. The Labute approximate surface area is 128 Å². The third-order valence-electron chi connectivity index (χ3n) is 3.21. The third kappa shape index (κ3) is 4.11. The van der Waals surface area contributed by atoms with Crippen LogP contribution in [0.1, 0.15) is 30.2 Å². The lowest BCUT2D eigenvalue weighted by atomic mass is 10.1. The highest BCUT2D eigenvalue weighted by Crippen LogP contribution is 2.20. The second-order valence-electron chi connectivity index (χ2n) is 5.12. The summed E-state index contributed by atoms with van der Waals surface area (Å²) in [5, 5.41) is 6.89. The number of benzene rings is 1. The van der Waals surface area contributed by atoms with Crippen LogP contribution < -0.4 is 5.32 Å². The van der Waals surface area contributed by atoms with Crippen molar-refractivity contribution in [1.82, 2.24) is 15.5 Å². The van der Waals surface area contributed by atoms with Crippen LogP contribution in [0.25, 0.3) is 0 Å². The Morgan fingerprint density at radius 2 is 2.14 bits per heavy atom. The summed E-state index contributed by atoms with van der Waals surface area (Å²) in [5.74, 6) is 0.387. The number of halogens is 1. The molecule has 2 aromatic rings. The van der Waals surface area contributed by atoms with Crippen LogP contribution in [0, 0.1) is 12.7 Å². The van der Waals surface area contributed by atoms with E-state index in [-0.39, 0.29) is 10.9 Å². The van der Waals surface area contributed by atoms with E-state index in [0.717, 1.165) is 6.26 Å². The van der Waals surface area contributed by atoms with Crippen LogP contribution in [-0.2, 0) is 16.3 Å². The Balaban J connectivity index is 1.98. The molecule has 0 bridgehead atoms. The van der Waals surface area contributed by atoms with E-state index in [4.69, 9.17) is 4.52 Å². The van der Waals surface area contributed by atoms with Gasteiger partial charge in [-0.05, 0) is 31.5 Å². The van der Waals surface area contributed by atoms with Crippen molar-refractivity contribution < 1.29 is 17.3 Å². The maximum Gasteiger partial charge on any atom is 0.227 e. The predicted molar refractivity (Wildman–Crippen MR) is 78.7 cm³/mol. The lowest BCUT2D eigenvalue weighted by molar-refractivity contribution is 0.370. The van der Waals surface area contributed by atoms with E-state index in [1.165, 1.54) is 12.1 Å². The van der Waals surface area contributed by atoms with Gasteiger partial charge in [0.1, 0.15) is 10.7 Å². The molecule has 0 aliphatic carbocycles. The number of sulfone groups is 1. The number of rotatable bonds is 6. The largest absolute Gasteiger partial charge is 0.339 e. The van der Waals surface area contributed by atoms with Crippen molar-refractivity contribution in [2.75, 3.05) is 12.8 Å². The molecule has 0 saturated heterocycles. The highest BCUT2D eigenvalue weighted by atomic mass is 32.2. The molecule has 1 atom stereocenters. The predicted octanol–water partition coefficient (Wildman–Crippen LogP) is 1.81. The second kappa shape index (κ2) is 6.53. The molecule has 22 heavy (non-hydrogen) atoms. The van der Waals surface area contributed by atoms with E-state index in [2.05, 4.69) is 15.5 Å². The van der Waals surface area contributed by atoms with E-state index < -0.39 is 15.7 Å². The average molecular weight is 327 g/mol. The summed E-state index contributed by atoms with van der Waals surface area (Å²) in [4.78, 5) is 3.80. The van der Waals surface area contributed by atoms with Gasteiger partial charge in [0.15, 0.2) is 15.7 Å². The summed E-state index contributed by atoms with van der Waals surface area (Å²) in [6.45, 7) is 4.20. The highest BCUT2D eigenvalue weighted by molar-refractivity contribution is 7.90.